The summed E-state index contributed by atoms with van der Waals surface area (Å²) in [6.07, 6.45) is -0.0103. The molecule has 6 heteroatoms. The van der Waals surface area contributed by atoms with Gasteiger partial charge in [-0.05, 0) is 41.5 Å². The number of carbonyl (C=O) groups is 2. The van der Waals surface area contributed by atoms with Crippen molar-refractivity contribution in [1.82, 2.24) is 5.32 Å². The lowest BCUT2D eigenvalue weighted by molar-refractivity contribution is -0.385. The van der Waals surface area contributed by atoms with Crippen LogP contribution in [0.4, 0.5) is 5.69 Å². The molecule has 3 aromatic rings. The summed E-state index contributed by atoms with van der Waals surface area (Å²) < 4.78 is 0. The van der Waals surface area contributed by atoms with E-state index in [-0.39, 0.29) is 35.9 Å². The Morgan fingerprint density at radius 1 is 1.00 bits per heavy atom. The van der Waals surface area contributed by atoms with Crippen molar-refractivity contribution in [1.29, 1.82) is 0 Å². The largest absolute Gasteiger partial charge is 0.352 e. The molecule has 0 unspecified atom stereocenters. The highest BCUT2D eigenvalue weighted by Crippen LogP contribution is 2.21. The Morgan fingerprint density at radius 3 is 2.48 bits per heavy atom. The van der Waals surface area contributed by atoms with E-state index in [2.05, 4.69) is 5.32 Å². The van der Waals surface area contributed by atoms with Gasteiger partial charge in [0.1, 0.15) is 0 Å². The molecule has 0 spiro atoms. The van der Waals surface area contributed by atoms with Crippen molar-refractivity contribution in [3.8, 4) is 0 Å². The van der Waals surface area contributed by atoms with Crippen molar-refractivity contribution >= 4 is 28.2 Å². The monoisotopic (exact) mass is 362 g/mol. The standard InChI is InChI=1S/C21H18N2O4/c1-14-6-9-19(23(26)27)18(12-14)20(24)10-11-22-21(25)17-8-7-15-4-2-3-5-16(15)13-17/h2-9,12-13H,10-11H2,1H3,(H,22,25). The number of hydrogen-bond acceptors (Lipinski definition) is 4. The second kappa shape index (κ2) is 7.78. The lowest BCUT2D eigenvalue weighted by atomic mass is 10.0. The molecule has 0 bridgehead atoms. The fraction of sp³-hybridized carbons (Fsp3) is 0.143. The molecular weight excluding hydrogens is 344 g/mol. The van der Waals surface area contributed by atoms with Gasteiger partial charge in [0, 0.05) is 24.6 Å². The molecule has 0 saturated heterocycles. The van der Waals surface area contributed by atoms with Crippen molar-refractivity contribution in [2.24, 2.45) is 0 Å². The Labute approximate surface area is 156 Å². The number of ketones is 1. The molecule has 0 radical (unpaired) electrons. The molecule has 0 aliphatic rings. The van der Waals surface area contributed by atoms with Crippen LogP contribution in [0.1, 0.15) is 32.7 Å². The number of nitro groups is 1. The van der Waals surface area contributed by atoms with Crippen molar-refractivity contribution in [3.63, 3.8) is 0 Å². The minimum atomic E-state index is -0.569. The smallest absolute Gasteiger partial charge is 0.280 e. The zero-order valence-electron chi connectivity index (χ0n) is 14.8. The van der Waals surface area contributed by atoms with Crippen LogP contribution >= 0.6 is 0 Å². The zero-order chi connectivity index (χ0) is 19.4. The van der Waals surface area contributed by atoms with Crippen LogP contribution in [0.15, 0.2) is 60.7 Å². The summed E-state index contributed by atoms with van der Waals surface area (Å²) in [4.78, 5) is 35.2. The lowest BCUT2D eigenvalue weighted by Gasteiger charge is -2.07. The van der Waals surface area contributed by atoms with Gasteiger partial charge >= 0.3 is 0 Å². The van der Waals surface area contributed by atoms with E-state index in [0.717, 1.165) is 16.3 Å². The third-order valence-electron chi connectivity index (χ3n) is 4.30. The van der Waals surface area contributed by atoms with E-state index in [1.807, 2.05) is 30.3 Å². The number of rotatable bonds is 6. The minimum Gasteiger partial charge on any atom is -0.352 e. The van der Waals surface area contributed by atoms with Gasteiger partial charge in [-0.1, -0.05) is 36.4 Å². The zero-order valence-corrected chi connectivity index (χ0v) is 14.8. The van der Waals surface area contributed by atoms with Gasteiger partial charge in [-0.3, -0.25) is 19.7 Å². The number of amides is 1. The topological polar surface area (TPSA) is 89.3 Å². The van der Waals surface area contributed by atoms with Gasteiger partial charge < -0.3 is 5.32 Å². The molecule has 0 saturated carbocycles. The van der Waals surface area contributed by atoms with Crippen LogP contribution < -0.4 is 5.32 Å². The second-order valence-corrected chi connectivity index (χ2v) is 6.27. The summed E-state index contributed by atoms with van der Waals surface area (Å²) in [5.41, 5.74) is 1.12. The van der Waals surface area contributed by atoms with E-state index in [0.29, 0.717) is 5.56 Å². The summed E-state index contributed by atoms with van der Waals surface area (Å²) in [6, 6.07) is 17.5. The predicted molar refractivity (Wildman–Crippen MR) is 103 cm³/mol. The average molecular weight is 362 g/mol. The Morgan fingerprint density at radius 2 is 1.74 bits per heavy atom. The molecule has 1 amide bonds. The van der Waals surface area contributed by atoms with Crippen LogP contribution in [-0.4, -0.2) is 23.2 Å². The Hall–Kier alpha value is -3.54. The molecule has 136 valence electrons. The maximum absolute atomic E-state index is 12.4. The molecule has 0 atom stereocenters. The fourth-order valence-electron chi connectivity index (χ4n) is 2.89. The van der Waals surface area contributed by atoms with Gasteiger partial charge in [0.25, 0.3) is 11.6 Å². The van der Waals surface area contributed by atoms with Gasteiger partial charge in [0.05, 0.1) is 10.5 Å². The molecule has 27 heavy (non-hydrogen) atoms. The summed E-state index contributed by atoms with van der Waals surface area (Å²) in [6.45, 7) is 1.87. The molecule has 0 fully saturated rings. The third kappa shape index (κ3) is 4.17. The predicted octanol–water partition coefficient (Wildman–Crippen LogP) is 4.06. The molecule has 3 rings (SSSR count). The van der Waals surface area contributed by atoms with E-state index in [1.54, 1.807) is 25.1 Å². The average Bonchev–Trinajstić information content (AvgIpc) is 2.67. The van der Waals surface area contributed by atoms with Crippen molar-refractivity contribution in [2.75, 3.05) is 6.54 Å². The van der Waals surface area contributed by atoms with Crippen LogP contribution in [0, 0.1) is 17.0 Å². The van der Waals surface area contributed by atoms with E-state index in [9.17, 15) is 19.7 Å². The third-order valence-corrected chi connectivity index (χ3v) is 4.30. The molecule has 0 heterocycles. The minimum absolute atomic E-state index is 0.0103. The summed E-state index contributed by atoms with van der Waals surface area (Å²) in [5, 5.41) is 15.8. The summed E-state index contributed by atoms with van der Waals surface area (Å²) >= 11 is 0. The van der Waals surface area contributed by atoms with Gasteiger partial charge in [0.2, 0.25) is 0 Å². The first kappa shape index (κ1) is 18.3. The highest BCUT2D eigenvalue weighted by Gasteiger charge is 2.20. The number of nitrogens with one attached hydrogen (secondary N) is 1. The maximum Gasteiger partial charge on any atom is 0.280 e. The molecular formula is C21H18N2O4. The fourth-order valence-corrected chi connectivity index (χ4v) is 2.89. The number of benzene rings is 3. The quantitative estimate of drug-likeness (QED) is 0.407. The van der Waals surface area contributed by atoms with Crippen molar-refractivity contribution < 1.29 is 14.5 Å². The number of Topliss-reactive ketones (excluding diaryl/α,β-unsaturated/α-hetero) is 1. The number of nitro benzene ring substituents is 1. The van der Waals surface area contributed by atoms with Crippen LogP contribution in [0.25, 0.3) is 10.8 Å². The van der Waals surface area contributed by atoms with Crippen LogP contribution in [0.2, 0.25) is 0 Å². The Bertz CT molecular complexity index is 1040. The van der Waals surface area contributed by atoms with E-state index in [4.69, 9.17) is 0 Å². The van der Waals surface area contributed by atoms with Gasteiger partial charge in [-0.25, -0.2) is 0 Å². The molecule has 6 nitrogen and oxygen atoms in total. The number of fused-ring (bicyclic) bond motifs is 1. The van der Waals surface area contributed by atoms with Crippen molar-refractivity contribution in [2.45, 2.75) is 13.3 Å². The Balaban J connectivity index is 1.65. The van der Waals surface area contributed by atoms with E-state index >= 15 is 0 Å². The van der Waals surface area contributed by atoms with Gasteiger partial charge in [-0.2, -0.15) is 0 Å². The Kier molecular flexibility index (Phi) is 5.26. The molecule has 0 aliphatic heterocycles. The van der Waals surface area contributed by atoms with E-state index < -0.39 is 4.92 Å². The first-order chi connectivity index (χ1) is 13.0. The summed E-state index contributed by atoms with van der Waals surface area (Å²) in [5.74, 6) is -0.656. The van der Waals surface area contributed by atoms with Crippen LogP contribution in [0.5, 0.6) is 0 Å². The SMILES string of the molecule is Cc1ccc([N+](=O)[O-])c(C(=O)CCNC(=O)c2ccc3ccccc3c2)c1. The molecule has 0 aliphatic carbocycles. The van der Waals surface area contributed by atoms with E-state index in [1.165, 1.54) is 12.1 Å². The highest BCUT2D eigenvalue weighted by atomic mass is 16.6. The molecule has 1 N–H and O–H groups in total. The number of nitrogens with zero attached hydrogens (tertiary/aromatic N) is 1. The van der Waals surface area contributed by atoms with Crippen LogP contribution in [-0.2, 0) is 0 Å². The second-order valence-electron chi connectivity index (χ2n) is 6.27. The number of hydrogen-bond donors (Lipinski definition) is 1. The first-order valence-corrected chi connectivity index (χ1v) is 8.51. The molecule has 0 aromatic heterocycles. The highest BCUT2D eigenvalue weighted by molar-refractivity contribution is 6.01. The normalized spacial score (nSPS) is 10.6. The van der Waals surface area contributed by atoms with Gasteiger partial charge in [0.15, 0.2) is 5.78 Å². The van der Waals surface area contributed by atoms with Gasteiger partial charge in [-0.15, -0.1) is 0 Å². The molecule has 3 aromatic carbocycles. The maximum atomic E-state index is 12.4. The van der Waals surface area contributed by atoms with Crippen LogP contribution in [0.3, 0.4) is 0 Å². The number of aryl methyl sites for hydroxylation is 1. The van der Waals surface area contributed by atoms with Crippen molar-refractivity contribution in [3.05, 3.63) is 87.5 Å². The lowest BCUT2D eigenvalue weighted by Crippen LogP contribution is -2.26. The summed E-state index contributed by atoms with van der Waals surface area (Å²) in [7, 11) is 0. The number of carbonyl (C=O) groups excluding carboxylic acids is 2. The first-order valence-electron chi connectivity index (χ1n) is 8.51.